The Labute approximate surface area is 150 Å². The number of carbonyl (C=O) groups excluding carboxylic acids is 1. The van der Waals surface area contributed by atoms with Crippen LogP contribution < -0.4 is 5.32 Å². The van der Waals surface area contributed by atoms with E-state index in [1.165, 1.54) is 34.7 Å². The predicted molar refractivity (Wildman–Crippen MR) is 97.9 cm³/mol. The molecule has 24 heavy (non-hydrogen) atoms. The van der Waals surface area contributed by atoms with Crippen molar-refractivity contribution in [3.63, 3.8) is 0 Å². The minimum absolute atomic E-state index is 0.0630. The van der Waals surface area contributed by atoms with Gasteiger partial charge in [-0.15, -0.1) is 21.5 Å². The minimum Gasteiger partial charge on any atom is -0.321 e. The Bertz CT molecular complexity index is 708. The topological polar surface area (TPSA) is 71.0 Å². The first-order valence-electron chi connectivity index (χ1n) is 8.16. The molecule has 0 spiro atoms. The molecule has 1 N–H and O–H groups in total. The quantitative estimate of drug-likeness (QED) is 0.897. The monoisotopic (exact) mass is 365 g/mol. The highest BCUT2D eigenvalue weighted by Gasteiger charge is 2.21. The zero-order chi connectivity index (χ0) is 17.3. The average Bonchev–Trinajstić information content (AvgIpc) is 3.12. The highest BCUT2D eigenvalue weighted by atomic mass is 32.1. The van der Waals surface area contributed by atoms with E-state index in [9.17, 15) is 4.79 Å². The van der Waals surface area contributed by atoms with Gasteiger partial charge in [-0.25, -0.2) is 9.78 Å². The molecule has 6 nitrogen and oxygen atoms in total. The number of rotatable bonds is 3. The van der Waals surface area contributed by atoms with Gasteiger partial charge in [-0.2, -0.15) is 0 Å². The molecule has 2 heterocycles. The van der Waals surface area contributed by atoms with E-state index in [4.69, 9.17) is 0 Å². The largest absolute Gasteiger partial charge is 0.323 e. The lowest BCUT2D eigenvalue weighted by Gasteiger charge is -2.15. The Morgan fingerprint density at radius 1 is 1.21 bits per heavy atom. The Hall–Kier alpha value is -1.54. The van der Waals surface area contributed by atoms with Gasteiger partial charge >= 0.3 is 6.03 Å². The lowest BCUT2D eigenvalue weighted by atomic mass is 9.98. The lowest BCUT2D eigenvalue weighted by Crippen LogP contribution is -2.30. The molecule has 0 saturated heterocycles. The lowest BCUT2D eigenvalue weighted by molar-refractivity contribution is 0.220. The number of urea groups is 1. The van der Waals surface area contributed by atoms with Crippen molar-refractivity contribution in [2.75, 3.05) is 12.4 Å². The number of anilines is 1. The summed E-state index contributed by atoms with van der Waals surface area (Å²) in [7, 11) is 1.78. The zero-order valence-corrected chi connectivity index (χ0v) is 16.2. The number of nitrogens with zero attached hydrogens (tertiary/aromatic N) is 4. The summed E-state index contributed by atoms with van der Waals surface area (Å²) in [4.78, 5) is 20.1. The summed E-state index contributed by atoms with van der Waals surface area (Å²) in [6.45, 7) is 6.76. The standard InChI is InChI=1S/C16H23N5OS2/c1-16(2,3)13-19-20-14(24-13)18-15(22)21(4)9-12-17-10-7-5-6-8-11(10)23-12/h5-9H2,1-4H3,(H,18,20,22). The smallest absolute Gasteiger partial charge is 0.321 e. The first kappa shape index (κ1) is 17.3. The van der Waals surface area contributed by atoms with Gasteiger partial charge in [0.05, 0.1) is 12.2 Å². The second-order valence-electron chi connectivity index (χ2n) is 7.13. The first-order chi connectivity index (χ1) is 11.3. The van der Waals surface area contributed by atoms with Crippen LogP contribution in [0, 0.1) is 0 Å². The van der Waals surface area contributed by atoms with Crippen LogP contribution in [0.3, 0.4) is 0 Å². The van der Waals surface area contributed by atoms with E-state index in [0.29, 0.717) is 11.7 Å². The first-order valence-corrected chi connectivity index (χ1v) is 9.80. The Morgan fingerprint density at radius 3 is 2.62 bits per heavy atom. The van der Waals surface area contributed by atoms with E-state index in [2.05, 4.69) is 41.3 Å². The summed E-state index contributed by atoms with van der Waals surface area (Å²) in [5, 5.41) is 13.5. The fourth-order valence-electron chi connectivity index (χ4n) is 2.51. The molecule has 2 aromatic heterocycles. The second-order valence-corrected chi connectivity index (χ2v) is 9.28. The van der Waals surface area contributed by atoms with Crippen molar-refractivity contribution >= 4 is 33.8 Å². The predicted octanol–water partition coefficient (Wildman–Crippen LogP) is 3.83. The van der Waals surface area contributed by atoms with Gasteiger partial charge in [0.2, 0.25) is 5.13 Å². The molecular formula is C16H23N5OS2. The summed E-state index contributed by atoms with van der Waals surface area (Å²) >= 11 is 3.16. The number of hydrogen-bond acceptors (Lipinski definition) is 6. The molecule has 0 radical (unpaired) electrons. The molecule has 0 bridgehead atoms. The number of thiazole rings is 1. The van der Waals surface area contributed by atoms with E-state index in [1.54, 1.807) is 23.3 Å². The van der Waals surface area contributed by atoms with Gasteiger partial charge in [-0.05, 0) is 25.7 Å². The molecule has 2 aromatic rings. The SMILES string of the molecule is CN(Cc1nc2c(s1)CCCC2)C(=O)Nc1nnc(C(C)(C)C)s1. The van der Waals surface area contributed by atoms with Gasteiger partial charge in [0.25, 0.3) is 0 Å². The van der Waals surface area contributed by atoms with Crippen molar-refractivity contribution in [3.05, 3.63) is 20.6 Å². The summed E-state index contributed by atoms with van der Waals surface area (Å²) in [6, 6.07) is -0.181. The third-order valence-electron chi connectivity index (χ3n) is 3.89. The number of carbonyl (C=O) groups is 1. The highest BCUT2D eigenvalue weighted by molar-refractivity contribution is 7.15. The van der Waals surface area contributed by atoms with Crippen LogP contribution in [-0.4, -0.2) is 33.2 Å². The fourth-order valence-corrected chi connectivity index (χ4v) is 4.51. The van der Waals surface area contributed by atoms with Gasteiger partial charge in [0.1, 0.15) is 10.0 Å². The van der Waals surface area contributed by atoms with Crippen LogP contribution in [-0.2, 0) is 24.8 Å². The van der Waals surface area contributed by atoms with Crippen LogP contribution in [0.5, 0.6) is 0 Å². The van der Waals surface area contributed by atoms with Crippen molar-refractivity contribution in [1.29, 1.82) is 0 Å². The Balaban J connectivity index is 1.60. The Kier molecular flexibility index (Phi) is 4.87. The van der Waals surface area contributed by atoms with Crippen LogP contribution >= 0.6 is 22.7 Å². The van der Waals surface area contributed by atoms with Crippen molar-refractivity contribution in [1.82, 2.24) is 20.1 Å². The van der Waals surface area contributed by atoms with E-state index in [-0.39, 0.29) is 11.4 Å². The molecule has 1 aliphatic rings. The molecule has 0 unspecified atom stereocenters. The minimum atomic E-state index is -0.181. The molecule has 3 rings (SSSR count). The maximum Gasteiger partial charge on any atom is 0.323 e. The van der Waals surface area contributed by atoms with Crippen molar-refractivity contribution in [2.24, 2.45) is 0 Å². The molecule has 8 heteroatoms. The number of aromatic nitrogens is 3. The molecule has 130 valence electrons. The van der Waals surface area contributed by atoms with Crippen molar-refractivity contribution in [3.8, 4) is 0 Å². The van der Waals surface area contributed by atoms with E-state index in [0.717, 1.165) is 22.9 Å². The summed E-state index contributed by atoms with van der Waals surface area (Å²) in [5.41, 5.74) is 1.17. The fraction of sp³-hybridized carbons (Fsp3) is 0.625. The number of aryl methyl sites for hydroxylation is 2. The molecular weight excluding hydrogens is 342 g/mol. The van der Waals surface area contributed by atoms with Crippen molar-refractivity contribution in [2.45, 2.75) is 58.4 Å². The van der Waals surface area contributed by atoms with Crippen LogP contribution in [0.15, 0.2) is 0 Å². The summed E-state index contributed by atoms with van der Waals surface area (Å²) < 4.78 is 0. The number of amides is 2. The Morgan fingerprint density at radius 2 is 1.96 bits per heavy atom. The van der Waals surface area contributed by atoms with Crippen LogP contribution in [0.4, 0.5) is 9.93 Å². The normalized spacial score (nSPS) is 14.3. The van der Waals surface area contributed by atoms with E-state index in [1.807, 2.05) is 0 Å². The number of fused-ring (bicyclic) bond motifs is 1. The third kappa shape index (κ3) is 3.92. The highest BCUT2D eigenvalue weighted by Crippen LogP contribution is 2.29. The molecule has 0 fully saturated rings. The van der Waals surface area contributed by atoms with Gasteiger partial charge in [0, 0.05) is 17.3 Å². The van der Waals surface area contributed by atoms with Gasteiger partial charge in [-0.1, -0.05) is 32.1 Å². The summed E-state index contributed by atoms with van der Waals surface area (Å²) in [6.07, 6.45) is 4.67. The zero-order valence-electron chi connectivity index (χ0n) is 14.5. The number of nitrogens with one attached hydrogen (secondary N) is 1. The summed E-state index contributed by atoms with van der Waals surface area (Å²) in [5.74, 6) is 0. The second kappa shape index (κ2) is 6.76. The molecule has 0 saturated carbocycles. The van der Waals surface area contributed by atoms with Crippen LogP contribution in [0.1, 0.15) is 54.2 Å². The maximum atomic E-state index is 12.3. The van der Waals surface area contributed by atoms with Gasteiger partial charge < -0.3 is 4.90 Å². The molecule has 0 aromatic carbocycles. The maximum absolute atomic E-state index is 12.3. The number of hydrogen-bond donors (Lipinski definition) is 1. The average molecular weight is 366 g/mol. The molecule has 1 aliphatic carbocycles. The molecule has 0 aliphatic heterocycles. The van der Waals surface area contributed by atoms with E-state index >= 15 is 0 Å². The van der Waals surface area contributed by atoms with Crippen LogP contribution in [0.25, 0.3) is 0 Å². The van der Waals surface area contributed by atoms with Crippen molar-refractivity contribution < 1.29 is 4.79 Å². The van der Waals surface area contributed by atoms with Gasteiger partial charge in [-0.3, -0.25) is 5.32 Å². The molecule has 2 amide bonds. The van der Waals surface area contributed by atoms with E-state index < -0.39 is 0 Å². The van der Waals surface area contributed by atoms with Gasteiger partial charge in [0.15, 0.2) is 0 Å². The third-order valence-corrected chi connectivity index (χ3v) is 6.30. The van der Waals surface area contributed by atoms with Crippen LogP contribution in [0.2, 0.25) is 0 Å². The molecule has 0 atom stereocenters.